The van der Waals surface area contributed by atoms with Gasteiger partial charge in [0.1, 0.15) is 0 Å². The first kappa shape index (κ1) is 18.9. The highest BCUT2D eigenvalue weighted by molar-refractivity contribution is 6.12. The lowest BCUT2D eigenvalue weighted by Crippen LogP contribution is -2.13. The average Bonchev–Trinajstić information content (AvgIpc) is 3.34. The van der Waals surface area contributed by atoms with Gasteiger partial charge >= 0.3 is 0 Å². The second-order valence-corrected chi connectivity index (χ2v) is 7.19. The number of hydrogen-bond donors (Lipinski definition) is 1. The normalized spacial score (nSPS) is 11.3. The summed E-state index contributed by atoms with van der Waals surface area (Å²) >= 11 is 0. The predicted molar refractivity (Wildman–Crippen MR) is 110 cm³/mol. The van der Waals surface area contributed by atoms with Crippen LogP contribution in [0.3, 0.4) is 0 Å². The minimum atomic E-state index is -0.203. The van der Waals surface area contributed by atoms with Gasteiger partial charge in [0.05, 0.1) is 40.8 Å². The summed E-state index contributed by atoms with van der Waals surface area (Å²) in [5.74, 6) is -0.203. The molecule has 0 aromatic carbocycles. The predicted octanol–water partition coefficient (Wildman–Crippen LogP) is 2.61. The number of fused-ring (bicyclic) bond motifs is 1. The third kappa shape index (κ3) is 3.51. The number of aromatic nitrogens is 7. The molecule has 4 aromatic rings. The lowest BCUT2D eigenvalue weighted by molar-refractivity contribution is 0.102. The Kier molecular flexibility index (Phi) is 4.65. The summed E-state index contributed by atoms with van der Waals surface area (Å²) in [6.45, 7) is 9.22. The first-order chi connectivity index (χ1) is 13.9. The Bertz CT molecular complexity index is 1210. The molecule has 9 heteroatoms. The van der Waals surface area contributed by atoms with Crippen LogP contribution in [-0.2, 0) is 20.1 Å². The topological polar surface area (TPSA) is 95.5 Å². The third-order valence-corrected chi connectivity index (χ3v) is 4.94. The summed E-state index contributed by atoms with van der Waals surface area (Å²) in [7, 11) is 1.83. The molecule has 0 bridgehead atoms. The van der Waals surface area contributed by atoms with E-state index in [1.165, 1.54) is 0 Å². The Morgan fingerprint density at radius 2 is 1.90 bits per heavy atom. The maximum atomic E-state index is 13.0. The summed E-state index contributed by atoms with van der Waals surface area (Å²) in [5.41, 5.74) is 5.53. The van der Waals surface area contributed by atoms with Gasteiger partial charge in [0, 0.05) is 37.2 Å². The maximum absolute atomic E-state index is 13.0. The highest BCUT2D eigenvalue weighted by Crippen LogP contribution is 2.22. The first-order valence-corrected chi connectivity index (χ1v) is 9.53. The smallest absolute Gasteiger partial charge is 0.256 e. The van der Waals surface area contributed by atoms with E-state index in [9.17, 15) is 4.79 Å². The molecule has 0 aliphatic rings. The van der Waals surface area contributed by atoms with Gasteiger partial charge in [-0.2, -0.15) is 15.3 Å². The number of carbonyl (C=O) groups is 1. The third-order valence-electron chi connectivity index (χ3n) is 4.94. The quantitative estimate of drug-likeness (QED) is 0.563. The summed E-state index contributed by atoms with van der Waals surface area (Å²) < 4.78 is 5.40. The standard InChI is InChI=1S/C20H24N8O/c1-6-27-9-15(13(3)25-27)10-28-11-16(8-21-28)23-20(29)17-7-12(2)22-19-18(17)14(4)24-26(19)5/h7-9,11H,6,10H2,1-5H3,(H,23,29). The number of nitrogens with zero attached hydrogens (tertiary/aromatic N) is 7. The van der Waals surface area contributed by atoms with Gasteiger partial charge in [-0.3, -0.25) is 18.8 Å². The molecule has 0 saturated carbocycles. The molecular formula is C20H24N8O. The molecule has 1 amide bonds. The number of amides is 1. The van der Waals surface area contributed by atoms with Crippen LogP contribution in [0.25, 0.3) is 11.0 Å². The van der Waals surface area contributed by atoms with Gasteiger partial charge in [0.2, 0.25) is 0 Å². The van der Waals surface area contributed by atoms with Crippen LogP contribution >= 0.6 is 0 Å². The molecule has 0 radical (unpaired) electrons. The Morgan fingerprint density at radius 3 is 2.62 bits per heavy atom. The minimum absolute atomic E-state index is 0.203. The number of aryl methyl sites for hydroxylation is 5. The molecule has 4 aromatic heterocycles. The van der Waals surface area contributed by atoms with Crippen molar-refractivity contribution in [1.82, 2.24) is 34.3 Å². The number of carbonyl (C=O) groups excluding carboxylic acids is 1. The lowest BCUT2D eigenvalue weighted by Gasteiger charge is -2.06. The fraction of sp³-hybridized carbons (Fsp3) is 0.350. The highest BCUT2D eigenvalue weighted by Gasteiger charge is 2.18. The van der Waals surface area contributed by atoms with Crippen LogP contribution in [0.15, 0.2) is 24.7 Å². The van der Waals surface area contributed by atoms with Gasteiger partial charge in [-0.1, -0.05) is 0 Å². The molecule has 0 unspecified atom stereocenters. The maximum Gasteiger partial charge on any atom is 0.256 e. The molecule has 0 atom stereocenters. The zero-order valence-corrected chi connectivity index (χ0v) is 17.3. The molecule has 4 heterocycles. The van der Waals surface area contributed by atoms with Crippen LogP contribution in [0.4, 0.5) is 5.69 Å². The van der Waals surface area contributed by atoms with E-state index in [0.29, 0.717) is 23.4 Å². The molecule has 1 N–H and O–H groups in total. The second kappa shape index (κ2) is 7.16. The SMILES string of the molecule is CCn1cc(Cn2cc(NC(=O)c3cc(C)nc4c3c(C)nn4C)cn2)c(C)n1. The van der Waals surface area contributed by atoms with Crippen molar-refractivity contribution in [3.63, 3.8) is 0 Å². The Labute approximate surface area is 168 Å². The van der Waals surface area contributed by atoms with Crippen LogP contribution in [0.2, 0.25) is 0 Å². The van der Waals surface area contributed by atoms with Crippen molar-refractivity contribution in [1.29, 1.82) is 0 Å². The monoisotopic (exact) mass is 392 g/mol. The van der Waals surface area contributed by atoms with Gasteiger partial charge in [-0.05, 0) is 33.8 Å². The van der Waals surface area contributed by atoms with E-state index in [1.54, 1.807) is 21.6 Å². The van der Waals surface area contributed by atoms with Gasteiger partial charge in [-0.15, -0.1) is 0 Å². The number of hydrogen-bond acceptors (Lipinski definition) is 5. The van der Waals surface area contributed by atoms with Crippen LogP contribution in [0.1, 0.15) is 39.9 Å². The molecule has 0 spiro atoms. The van der Waals surface area contributed by atoms with Crippen molar-refractivity contribution < 1.29 is 4.79 Å². The Hall–Kier alpha value is -3.49. The van der Waals surface area contributed by atoms with Gasteiger partial charge in [0.15, 0.2) is 5.65 Å². The Balaban J connectivity index is 1.57. The van der Waals surface area contributed by atoms with Crippen molar-refractivity contribution >= 4 is 22.6 Å². The van der Waals surface area contributed by atoms with E-state index < -0.39 is 0 Å². The van der Waals surface area contributed by atoms with Crippen molar-refractivity contribution in [2.75, 3.05) is 5.32 Å². The number of pyridine rings is 1. The van der Waals surface area contributed by atoms with Crippen molar-refractivity contribution in [3.05, 3.63) is 52.9 Å². The molecule has 150 valence electrons. The van der Waals surface area contributed by atoms with Crippen molar-refractivity contribution in [2.24, 2.45) is 7.05 Å². The fourth-order valence-corrected chi connectivity index (χ4v) is 3.51. The first-order valence-electron chi connectivity index (χ1n) is 9.53. The minimum Gasteiger partial charge on any atom is -0.319 e. The van der Waals surface area contributed by atoms with E-state index in [1.807, 2.05) is 44.9 Å². The molecule has 0 aliphatic heterocycles. The fourth-order valence-electron chi connectivity index (χ4n) is 3.51. The van der Waals surface area contributed by atoms with Gasteiger partial charge in [0.25, 0.3) is 5.91 Å². The highest BCUT2D eigenvalue weighted by atomic mass is 16.1. The van der Waals surface area contributed by atoms with Crippen LogP contribution in [0.5, 0.6) is 0 Å². The number of anilines is 1. The zero-order valence-electron chi connectivity index (χ0n) is 17.3. The molecule has 29 heavy (non-hydrogen) atoms. The molecular weight excluding hydrogens is 368 g/mol. The number of nitrogens with one attached hydrogen (secondary N) is 1. The van der Waals surface area contributed by atoms with E-state index in [-0.39, 0.29) is 5.91 Å². The van der Waals surface area contributed by atoms with Crippen molar-refractivity contribution in [3.8, 4) is 0 Å². The van der Waals surface area contributed by atoms with Gasteiger partial charge < -0.3 is 5.32 Å². The zero-order chi connectivity index (χ0) is 20.7. The molecule has 0 fully saturated rings. The molecule has 4 rings (SSSR count). The Morgan fingerprint density at radius 1 is 1.10 bits per heavy atom. The van der Waals surface area contributed by atoms with Crippen LogP contribution < -0.4 is 5.32 Å². The van der Waals surface area contributed by atoms with E-state index in [2.05, 4.69) is 32.5 Å². The summed E-state index contributed by atoms with van der Waals surface area (Å²) in [5, 5.41) is 16.9. The summed E-state index contributed by atoms with van der Waals surface area (Å²) in [6, 6.07) is 1.79. The molecule has 9 nitrogen and oxygen atoms in total. The van der Waals surface area contributed by atoms with Crippen LogP contribution in [0, 0.1) is 20.8 Å². The summed E-state index contributed by atoms with van der Waals surface area (Å²) in [6.07, 6.45) is 5.50. The largest absolute Gasteiger partial charge is 0.319 e. The number of rotatable bonds is 5. The lowest BCUT2D eigenvalue weighted by atomic mass is 10.1. The molecule has 0 saturated heterocycles. The molecule has 0 aliphatic carbocycles. The van der Waals surface area contributed by atoms with Crippen LogP contribution in [-0.4, -0.2) is 40.2 Å². The average molecular weight is 392 g/mol. The van der Waals surface area contributed by atoms with E-state index in [0.717, 1.165) is 34.6 Å². The summed E-state index contributed by atoms with van der Waals surface area (Å²) in [4.78, 5) is 17.5. The second-order valence-electron chi connectivity index (χ2n) is 7.19. The van der Waals surface area contributed by atoms with E-state index >= 15 is 0 Å². The van der Waals surface area contributed by atoms with E-state index in [4.69, 9.17) is 0 Å². The van der Waals surface area contributed by atoms with Gasteiger partial charge in [-0.25, -0.2) is 4.98 Å². The van der Waals surface area contributed by atoms with Crippen molar-refractivity contribution in [2.45, 2.75) is 40.8 Å².